The van der Waals surface area contributed by atoms with Gasteiger partial charge in [-0.25, -0.2) is 0 Å². The van der Waals surface area contributed by atoms with Gasteiger partial charge in [0.05, 0.1) is 18.1 Å². The lowest BCUT2D eigenvalue weighted by molar-refractivity contribution is -0.143. The molecule has 0 aromatic rings. The van der Waals surface area contributed by atoms with Gasteiger partial charge < -0.3 is 9.64 Å². The van der Waals surface area contributed by atoms with Gasteiger partial charge in [0.25, 0.3) is 0 Å². The van der Waals surface area contributed by atoms with E-state index in [0.29, 0.717) is 25.4 Å². The van der Waals surface area contributed by atoms with Crippen LogP contribution in [0.4, 0.5) is 0 Å². The average molecular weight is 304 g/mol. The Morgan fingerprint density at radius 1 is 1.15 bits per heavy atom. The van der Waals surface area contributed by atoms with Crippen molar-refractivity contribution < 1.29 is 9.53 Å². The molecule has 0 aromatic carbocycles. The number of hydrogen-bond donors (Lipinski definition) is 0. The summed E-state index contributed by atoms with van der Waals surface area (Å²) in [5.41, 5.74) is 0. The molecule has 1 saturated heterocycles. The van der Waals surface area contributed by atoms with Gasteiger partial charge in [0.1, 0.15) is 0 Å². The molecule has 1 fully saturated rings. The number of amides is 1. The van der Waals surface area contributed by atoms with Gasteiger partial charge in [0.15, 0.2) is 0 Å². The van der Waals surface area contributed by atoms with Crippen LogP contribution in [0.1, 0.15) is 65.2 Å². The van der Waals surface area contributed by atoms with Crippen molar-refractivity contribution in [2.45, 2.75) is 77.4 Å². The van der Waals surface area contributed by atoms with Crippen molar-refractivity contribution in [3.63, 3.8) is 0 Å². The monoisotopic (exact) mass is 303 g/mol. The molecule has 0 aromatic heterocycles. The Labute approximate surface area is 129 Å². The third kappa shape index (κ3) is 6.94. The van der Waals surface area contributed by atoms with Gasteiger partial charge in [-0.15, -0.1) is 11.6 Å². The minimum Gasteiger partial charge on any atom is -0.370 e. The van der Waals surface area contributed by atoms with E-state index in [1.165, 1.54) is 38.5 Å². The van der Waals surface area contributed by atoms with Crippen LogP contribution in [-0.2, 0) is 9.53 Å². The number of rotatable bonds is 9. The summed E-state index contributed by atoms with van der Waals surface area (Å²) in [7, 11) is 0. The van der Waals surface area contributed by atoms with E-state index in [2.05, 4.69) is 6.92 Å². The van der Waals surface area contributed by atoms with Crippen LogP contribution in [0.5, 0.6) is 0 Å². The molecule has 0 aliphatic carbocycles. The van der Waals surface area contributed by atoms with E-state index in [-0.39, 0.29) is 18.1 Å². The van der Waals surface area contributed by atoms with Crippen molar-refractivity contribution in [3.8, 4) is 0 Å². The molecule has 0 radical (unpaired) electrons. The summed E-state index contributed by atoms with van der Waals surface area (Å²) in [6.07, 6.45) is 9.50. The maximum absolute atomic E-state index is 12.2. The normalized spacial score (nSPS) is 23.1. The molecule has 3 nitrogen and oxygen atoms in total. The molecule has 1 aliphatic rings. The first-order chi connectivity index (χ1) is 9.67. The number of nitrogens with zero attached hydrogens (tertiary/aromatic N) is 1. The van der Waals surface area contributed by atoms with Crippen LogP contribution >= 0.6 is 11.6 Å². The van der Waals surface area contributed by atoms with Gasteiger partial charge >= 0.3 is 0 Å². The number of alkyl halides is 1. The molecule has 1 rings (SSSR count). The molecule has 4 heteroatoms. The minimum absolute atomic E-state index is 0.00147. The van der Waals surface area contributed by atoms with Gasteiger partial charge in [0, 0.05) is 19.5 Å². The van der Waals surface area contributed by atoms with Crippen molar-refractivity contribution in [1.29, 1.82) is 0 Å². The summed E-state index contributed by atoms with van der Waals surface area (Å²) in [5.74, 6) is 0.731. The van der Waals surface area contributed by atoms with Crippen LogP contribution in [-0.4, -0.2) is 42.0 Å². The highest BCUT2D eigenvalue weighted by atomic mass is 35.5. The van der Waals surface area contributed by atoms with E-state index >= 15 is 0 Å². The zero-order valence-corrected chi connectivity index (χ0v) is 13.8. The Kier molecular flexibility index (Phi) is 9.28. The molecular formula is C16H30ClNO2. The zero-order valence-electron chi connectivity index (χ0n) is 13.1. The molecule has 2 atom stereocenters. The maximum Gasteiger partial charge on any atom is 0.222 e. The average Bonchev–Trinajstić information content (AvgIpc) is 2.45. The van der Waals surface area contributed by atoms with E-state index in [4.69, 9.17) is 16.3 Å². The number of carbonyl (C=O) groups is 1. The summed E-state index contributed by atoms with van der Waals surface area (Å²) >= 11 is 5.84. The molecule has 0 N–H and O–H groups in total. The number of unbranched alkanes of at least 4 members (excludes halogenated alkanes) is 6. The fourth-order valence-corrected chi connectivity index (χ4v) is 2.90. The summed E-state index contributed by atoms with van der Waals surface area (Å²) < 4.78 is 5.67. The Hall–Kier alpha value is -0.280. The summed E-state index contributed by atoms with van der Waals surface area (Å²) in [5, 5.41) is 0. The van der Waals surface area contributed by atoms with E-state index < -0.39 is 0 Å². The van der Waals surface area contributed by atoms with Gasteiger partial charge in [-0.05, 0) is 13.3 Å². The Morgan fingerprint density at radius 3 is 2.45 bits per heavy atom. The quantitative estimate of drug-likeness (QED) is 0.476. The zero-order chi connectivity index (χ0) is 14.8. The van der Waals surface area contributed by atoms with Crippen molar-refractivity contribution in [2.24, 2.45) is 0 Å². The molecule has 118 valence electrons. The third-order valence-electron chi connectivity index (χ3n) is 3.85. The Bertz CT molecular complexity index is 273. The summed E-state index contributed by atoms with van der Waals surface area (Å²) in [6.45, 7) is 5.61. The Balaban J connectivity index is 2.12. The number of halogens is 1. The Morgan fingerprint density at radius 2 is 1.80 bits per heavy atom. The fourth-order valence-electron chi connectivity index (χ4n) is 2.73. The highest BCUT2D eigenvalue weighted by molar-refractivity contribution is 6.18. The van der Waals surface area contributed by atoms with Crippen molar-refractivity contribution in [3.05, 3.63) is 0 Å². The van der Waals surface area contributed by atoms with E-state index in [1.54, 1.807) is 0 Å². The predicted octanol–water partition coefficient (Wildman–Crippen LogP) is 3.98. The van der Waals surface area contributed by atoms with Gasteiger partial charge in [-0.3, -0.25) is 4.79 Å². The largest absolute Gasteiger partial charge is 0.370 e. The predicted molar refractivity (Wildman–Crippen MR) is 84.2 cm³/mol. The van der Waals surface area contributed by atoms with E-state index in [1.807, 2.05) is 11.8 Å². The number of hydrogen-bond acceptors (Lipinski definition) is 2. The first kappa shape index (κ1) is 17.8. The van der Waals surface area contributed by atoms with Crippen LogP contribution in [0.2, 0.25) is 0 Å². The number of carbonyl (C=O) groups excluding carboxylic acids is 1. The standard InChI is InChI=1S/C16H30ClNO2/c1-3-4-5-6-7-8-9-10-16(19)18-12-14(2)20-15(11-17)13-18/h14-15H,3-13H2,1-2H3. The lowest BCUT2D eigenvalue weighted by atomic mass is 10.1. The molecule has 0 bridgehead atoms. The number of morpholine rings is 1. The van der Waals surface area contributed by atoms with Gasteiger partial charge in [-0.1, -0.05) is 45.4 Å². The first-order valence-electron chi connectivity index (χ1n) is 8.16. The van der Waals surface area contributed by atoms with Crippen LogP contribution in [0.25, 0.3) is 0 Å². The summed E-state index contributed by atoms with van der Waals surface area (Å²) in [6, 6.07) is 0. The smallest absolute Gasteiger partial charge is 0.222 e. The molecule has 0 spiro atoms. The topological polar surface area (TPSA) is 29.5 Å². The van der Waals surface area contributed by atoms with Crippen LogP contribution in [0, 0.1) is 0 Å². The minimum atomic E-state index is -0.00147. The highest BCUT2D eigenvalue weighted by Gasteiger charge is 2.27. The molecule has 1 aliphatic heterocycles. The lowest BCUT2D eigenvalue weighted by Crippen LogP contribution is -2.49. The van der Waals surface area contributed by atoms with E-state index in [9.17, 15) is 4.79 Å². The second kappa shape index (κ2) is 10.4. The third-order valence-corrected chi connectivity index (χ3v) is 4.19. The SMILES string of the molecule is CCCCCCCCCC(=O)N1CC(C)OC(CCl)C1. The van der Waals surface area contributed by atoms with Crippen molar-refractivity contribution in [1.82, 2.24) is 4.90 Å². The van der Waals surface area contributed by atoms with Crippen LogP contribution in [0.15, 0.2) is 0 Å². The maximum atomic E-state index is 12.2. The summed E-state index contributed by atoms with van der Waals surface area (Å²) in [4.78, 5) is 14.1. The molecular weight excluding hydrogens is 274 g/mol. The first-order valence-corrected chi connectivity index (χ1v) is 8.70. The fraction of sp³-hybridized carbons (Fsp3) is 0.938. The molecule has 1 amide bonds. The second-order valence-corrected chi connectivity index (χ2v) is 6.20. The molecule has 0 saturated carbocycles. The lowest BCUT2D eigenvalue weighted by Gasteiger charge is -2.36. The molecule has 2 unspecified atom stereocenters. The van der Waals surface area contributed by atoms with Crippen LogP contribution in [0.3, 0.4) is 0 Å². The van der Waals surface area contributed by atoms with E-state index in [0.717, 1.165) is 6.42 Å². The molecule has 1 heterocycles. The van der Waals surface area contributed by atoms with Crippen LogP contribution < -0.4 is 0 Å². The van der Waals surface area contributed by atoms with Crippen molar-refractivity contribution >= 4 is 17.5 Å². The van der Waals surface area contributed by atoms with Gasteiger partial charge in [0.2, 0.25) is 5.91 Å². The highest BCUT2D eigenvalue weighted by Crippen LogP contribution is 2.15. The van der Waals surface area contributed by atoms with Crippen molar-refractivity contribution in [2.75, 3.05) is 19.0 Å². The number of ether oxygens (including phenoxy) is 1. The second-order valence-electron chi connectivity index (χ2n) is 5.89. The molecule has 20 heavy (non-hydrogen) atoms. The van der Waals surface area contributed by atoms with Gasteiger partial charge in [-0.2, -0.15) is 0 Å².